The van der Waals surface area contributed by atoms with Gasteiger partial charge in [-0.25, -0.2) is 4.79 Å². The Morgan fingerprint density at radius 3 is 2.80 bits per heavy atom. The number of ether oxygens (including phenoxy) is 1. The molecule has 0 fully saturated rings. The molecule has 0 aliphatic rings. The van der Waals surface area contributed by atoms with Crippen molar-refractivity contribution in [3.63, 3.8) is 0 Å². The van der Waals surface area contributed by atoms with Crippen LogP contribution in [0.15, 0.2) is 18.2 Å². The van der Waals surface area contributed by atoms with Gasteiger partial charge in [-0.15, -0.1) is 0 Å². The fourth-order valence-electron chi connectivity index (χ4n) is 1.05. The first-order chi connectivity index (χ1) is 7.06. The molecule has 0 atom stereocenters. The molecule has 80 valence electrons. The summed E-state index contributed by atoms with van der Waals surface area (Å²) in [6.45, 7) is 0. The molecule has 6 heteroatoms. The molecular weight excluding hydrogens is 236 g/mol. The molecule has 0 saturated carbocycles. The number of halogens is 1. The Morgan fingerprint density at radius 2 is 2.27 bits per heavy atom. The minimum atomic E-state index is -0.503. The number of nitrogens with one attached hydrogen (secondary N) is 1. The van der Waals surface area contributed by atoms with Crippen molar-refractivity contribution in [1.29, 1.82) is 0 Å². The van der Waals surface area contributed by atoms with Gasteiger partial charge in [0.2, 0.25) is 0 Å². The van der Waals surface area contributed by atoms with Gasteiger partial charge < -0.3 is 15.8 Å². The lowest BCUT2D eigenvalue weighted by Crippen LogP contribution is -2.21. The van der Waals surface area contributed by atoms with Crippen molar-refractivity contribution in [1.82, 2.24) is 0 Å². The zero-order chi connectivity index (χ0) is 11.4. The average Bonchev–Trinajstić information content (AvgIpc) is 2.19. The van der Waals surface area contributed by atoms with Gasteiger partial charge in [0, 0.05) is 0 Å². The number of methoxy groups -OCH3 is 1. The van der Waals surface area contributed by atoms with Crippen LogP contribution in [0.4, 0.5) is 5.69 Å². The number of hydrogen-bond acceptors (Lipinski definition) is 3. The molecule has 0 amide bonds. The minimum absolute atomic E-state index is 0.0354. The Hall–Kier alpha value is -1.33. The van der Waals surface area contributed by atoms with E-state index in [0.717, 1.165) is 0 Å². The third-order valence-corrected chi connectivity index (χ3v) is 2.08. The van der Waals surface area contributed by atoms with Crippen LogP contribution in [0.3, 0.4) is 0 Å². The molecular formula is C9H9ClN2O2S. The van der Waals surface area contributed by atoms with Gasteiger partial charge in [0.1, 0.15) is 0 Å². The second-order valence-corrected chi connectivity index (χ2v) is 3.49. The van der Waals surface area contributed by atoms with E-state index in [1.54, 1.807) is 18.2 Å². The number of carbonyl (C=O) groups is 1. The van der Waals surface area contributed by atoms with Gasteiger partial charge in [-0.2, -0.15) is 0 Å². The van der Waals surface area contributed by atoms with Crippen LogP contribution in [-0.2, 0) is 4.74 Å². The van der Waals surface area contributed by atoms with Gasteiger partial charge >= 0.3 is 5.97 Å². The zero-order valence-electron chi connectivity index (χ0n) is 7.91. The van der Waals surface area contributed by atoms with Crippen LogP contribution in [0.1, 0.15) is 10.4 Å². The third kappa shape index (κ3) is 2.81. The van der Waals surface area contributed by atoms with Gasteiger partial charge in [-0.05, 0) is 24.4 Å². The Labute approximate surface area is 97.4 Å². The number of anilines is 1. The highest BCUT2D eigenvalue weighted by Crippen LogP contribution is 2.26. The van der Waals surface area contributed by atoms with E-state index < -0.39 is 5.97 Å². The predicted molar refractivity (Wildman–Crippen MR) is 63.2 cm³/mol. The first-order valence-electron chi connectivity index (χ1n) is 3.99. The maximum Gasteiger partial charge on any atom is 0.340 e. The first kappa shape index (κ1) is 11.7. The Kier molecular flexibility index (Phi) is 3.88. The van der Waals surface area contributed by atoms with E-state index >= 15 is 0 Å². The van der Waals surface area contributed by atoms with E-state index in [1.807, 2.05) is 0 Å². The van der Waals surface area contributed by atoms with Crippen LogP contribution in [0, 0.1) is 0 Å². The molecule has 4 nitrogen and oxygen atoms in total. The van der Waals surface area contributed by atoms with Crippen molar-refractivity contribution in [3.8, 4) is 0 Å². The molecule has 0 unspecified atom stereocenters. The number of benzene rings is 1. The third-order valence-electron chi connectivity index (χ3n) is 1.67. The first-order valence-corrected chi connectivity index (χ1v) is 4.78. The molecule has 0 heterocycles. The largest absolute Gasteiger partial charge is 0.465 e. The van der Waals surface area contributed by atoms with E-state index in [-0.39, 0.29) is 10.7 Å². The summed E-state index contributed by atoms with van der Waals surface area (Å²) in [5.41, 5.74) is 5.96. The van der Waals surface area contributed by atoms with Crippen molar-refractivity contribution in [2.24, 2.45) is 5.73 Å². The Balaban J connectivity index is 3.19. The topological polar surface area (TPSA) is 64.3 Å². The van der Waals surface area contributed by atoms with E-state index in [2.05, 4.69) is 22.3 Å². The molecule has 0 aliphatic heterocycles. The lowest BCUT2D eigenvalue weighted by atomic mass is 10.2. The molecule has 15 heavy (non-hydrogen) atoms. The van der Waals surface area contributed by atoms with Crippen molar-refractivity contribution in [2.75, 3.05) is 12.4 Å². The van der Waals surface area contributed by atoms with E-state index in [0.29, 0.717) is 10.7 Å². The number of para-hydroxylation sites is 1. The number of nitrogens with two attached hydrogens (primary N) is 1. The van der Waals surface area contributed by atoms with Crippen molar-refractivity contribution >= 4 is 40.6 Å². The second kappa shape index (κ2) is 4.95. The summed E-state index contributed by atoms with van der Waals surface area (Å²) in [4.78, 5) is 11.4. The smallest absolute Gasteiger partial charge is 0.340 e. The van der Waals surface area contributed by atoms with Crippen LogP contribution >= 0.6 is 23.8 Å². The lowest BCUT2D eigenvalue weighted by Gasteiger charge is -2.10. The van der Waals surface area contributed by atoms with Crippen molar-refractivity contribution in [3.05, 3.63) is 28.8 Å². The number of carbonyl (C=O) groups excluding carboxylic acids is 1. The molecule has 0 bridgehead atoms. The monoisotopic (exact) mass is 244 g/mol. The maximum absolute atomic E-state index is 11.4. The van der Waals surface area contributed by atoms with Gasteiger partial charge in [-0.3, -0.25) is 0 Å². The Bertz CT molecular complexity index is 409. The number of rotatable bonds is 2. The average molecular weight is 245 g/mol. The van der Waals surface area contributed by atoms with E-state index in [1.165, 1.54) is 7.11 Å². The normalized spacial score (nSPS) is 9.47. The quantitative estimate of drug-likeness (QED) is 0.613. The minimum Gasteiger partial charge on any atom is -0.465 e. The highest BCUT2D eigenvalue weighted by atomic mass is 35.5. The highest BCUT2D eigenvalue weighted by molar-refractivity contribution is 7.80. The molecule has 0 spiro atoms. The molecule has 1 aromatic rings. The van der Waals surface area contributed by atoms with E-state index in [4.69, 9.17) is 17.3 Å². The summed E-state index contributed by atoms with van der Waals surface area (Å²) in [7, 11) is 1.29. The van der Waals surface area contributed by atoms with Crippen LogP contribution in [0.25, 0.3) is 0 Å². The molecule has 0 aliphatic carbocycles. The summed E-state index contributed by atoms with van der Waals surface area (Å²) in [5.74, 6) is -0.503. The predicted octanol–water partition coefficient (Wildman–Crippen LogP) is 1.78. The molecule has 0 aromatic heterocycles. The van der Waals surface area contributed by atoms with Crippen LogP contribution in [0.5, 0.6) is 0 Å². The molecule has 1 rings (SSSR count). The summed E-state index contributed by atoms with van der Waals surface area (Å²) >= 11 is 10.6. The summed E-state index contributed by atoms with van der Waals surface area (Å²) in [6.07, 6.45) is 0. The molecule has 3 N–H and O–H groups in total. The fraction of sp³-hybridized carbons (Fsp3) is 0.111. The number of esters is 1. The van der Waals surface area contributed by atoms with Crippen LogP contribution in [-0.4, -0.2) is 18.2 Å². The Morgan fingerprint density at radius 1 is 1.60 bits per heavy atom. The highest BCUT2D eigenvalue weighted by Gasteiger charge is 2.14. The van der Waals surface area contributed by atoms with E-state index in [9.17, 15) is 4.79 Å². The molecule has 0 radical (unpaired) electrons. The van der Waals surface area contributed by atoms with Gasteiger partial charge in [0.15, 0.2) is 5.11 Å². The van der Waals surface area contributed by atoms with Gasteiger partial charge in [0.25, 0.3) is 0 Å². The lowest BCUT2D eigenvalue weighted by molar-refractivity contribution is 0.0602. The number of hydrogen-bond donors (Lipinski definition) is 2. The van der Waals surface area contributed by atoms with Gasteiger partial charge in [-0.1, -0.05) is 17.7 Å². The van der Waals surface area contributed by atoms with Crippen molar-refractivity contribution in [2.45, 2.75) is 0 Å². The number of thiocarbonyl (C=S) groups is 1. The standard InChI is InChI=1S/C9H9ClN2O2S/c1-14-8(13)5-3-2-4-6(10)7(5)12-9(11)15/h2-4H,1H3,(H3,11,12,15). The van der Waals surface area contributed by atoms with Crippen LogP contribution in [0.2, 0.25) is 5.02 Å². The summed E-state index contributed by atoms with van der Waals surface area (Å²) in [6, 6.07) is 4.83. The zero-order valence-corrected chi connectivity index (χ0v) is 9.48. The molecule has 0 saturated heterocycles. The van der Waals surface area contributed by atoms with Gasteiger partial charge in [0.05, 0.1) is 23.4 Å². The SMILES string of the molecule is COC(=O)c1cccc(Cl)c1NC(N)=S. The maximum atomic E-state index is 11.4. The van der Waals surface area contributed by atoms with Crippen LogP contribution < -0.4 is 11.1 Å². The summed E-state index contributed by atoms with van der Waals surface area (Å²) in [5, 5.41) is 3.02. The second-order valence-electron chi connectivity index (χ2n) is 2.64. The summed E-state index contributed by atoms with van der Waals surface area (Å²) < 4.78 is 4.59. The van der Waals surface area contributed by atoms with Crippen molar-refractivity contribution < 1.29 is 9.53 Å². The fourth-order valence-corrected chi connectivity index (χ4v) is 1.38. The molecule has 1 aromatic carbocycles.